The van der Waals surface area contributed by atoms with Crippen molar-refractivity contribution in [1.82, 2.24) is 9.97 Å². The van der Waals surface area contributed by atoms with Gasteiger partial charge in [-0.15, -0.1) is 9.24 Å². The van der Waals surface area contributed by atoms with E-state index in [1.807, 2.05) is 0 Å². The predicted molar refractivity (Wildman–Crippen MR) is 174 cm³/mol. The summed E-state index contributed by atoms with van der Waals surface area (Å²) in [6.45, 7) is 29.7. The van der Waals surface area contributed by atoms with Crippen molar-refractivity contribution in [2.45, 2.75) is 92.1 Å². The molecule has 1 aromatic carbocycles. The van der Waals surface area contributed by atoms with Gasteiger partial charge >= 0.3 is 0 Å². The maximum atomic E-state index is 3.56. The van der Waals surface area contributed by atoms with Crippen molar-refractivity contribution >= 4 is 54.6 Å². The maximum Gasteiger partial charge on any atom is 0.0774 e. The molecule has 3 rings (SSSR count). The first-order chi connectivity index (χ1) is 16.3. The van der Waals surface area contributed by atoms with Crippen LogP contribution < -0.4 is 21.2 Å². The molecular formula is C30H50N2P2Si2. The largest absolute Gasteiger partial charge is 0.361 e. The fourth-order valence-corrected chi connectivity index (χ4v) is 13.4. The van der Waals surface area contributed by atoms with Crippen molar-refractivity contribution in [2.24, 2.45) is 10.8 Å². The second-order valence-corrected chi connectivity index (χ2v) is 27.6. The number of hydrogen-bond donors (Lipinski definition) is 2. The molecule has 0 radical (unpaired) electrons. The molecule has 0 amide bonds. The highest BCUT2D eigenvalue weighted by Crippen LogP contribution is 2.59. The lowest BCUT2D eigenvalue weighted by Gasteiger charge is -2.53. The van der Waals surface area contributed by atoms with E-state index in [1.54, 1.807) is 10.4 Å². The topological polar surface area (TPSA) is 31.6 Å². The molecule has 0 aliphatic carbocycles. The second-order valence-electron chi connectivity index (χ2n) is 14.6. The first-order valence-electron chi connectivity index (χ1n) is 13.3. The lowest BCUT2D eigenvalue weighted by atomic mass is 9.62. The number of H-pyrrole nitrogens is 2. The molecule has 1 atom stereocenters. The van der Waals surface area contributed by atoms with Gasteiger partial charge < -0.3 is 9.97 Å². The Hall–Kier alpha value is -0.926. The van der Waals surface area contributed by atoms with Crippen LogP contribution in [0.1, 0.15) is 52.7 Å². The Balaban J connectivity index is 2.41. The fourth-order valence-electron chi connectivity index (χ4n) is 5.76. The van der Waals surface area contributed by atoms with Crippen LogP contribution in [0.4, 0.5) is 0 Å². The molecule has 0 aliphatic heterocycles. The van der Waals surface area contributed by atoms with Gasteiger partial charge in [0, 0.05) is 34.6 Å². The van der Waals surface area contributed by atoms with Gasteiger partial charge in [0.05, 0.1) is 16.1 Å². The number of aromatic nitrogens is 2. The molecule has 0 aliphatic rings. The summed E-state index contributed by atoms with van der Waals surface area (Å²) in [7, 11) is -0.294. The number of rotatable bonds is 7. The SMILES string of the molecule is CC(C)(C)C(P)(c1cc([Si](C)(C)C)c([Si](C)(C)C)cc1CP(c1ccc[nH]1)c1ccc[nH]1)C(C)(C)C. The van der Waals surface area contributed by atoms with Crippen LogP contribution in [0.15, 0.2) is 48.8 Å². The Bertz CT molecular complexity index is 1110. The van der Waals surface area contributed by atoms with Crippen molar-refractivity contribution < 1.29 is 0 Å². The Kier molecular flexibility index (Phi) is 8.22. The van der Waals surface area contributed by atoms with Crippen molar-refractivity contribution in [1.29, 1.82) is 0 Å². The number of hydrogen-bond acceptors (Lipinski definition) is 0. The molecule has 2 aromatic heterocycles. The van der Waals surface area contributed by atoms with E-state index in [0.717, 1.165) is 6.16 Å². The van der Waals surface area contributed by atoms with Crippen LogP contribution in [0.25, 0.3) is 0 Å². The van der Waals surface area contributed by atoms with Crippen LogP contribution >= 0.6 is 17.2 Å². The molecule has 198 valence electrons. The maximum absolute atomic E-state index is 3.56. The summed E-state index contributed by atoms with van der Waals surface area (Å²) in [6, 6.07) is 14.2. The van der Waals surface area contributed by atoms with Gasteiger partial charge in [-0.3, -0.25) is 0 Å². The summed E-state index contributed by atoms with van der Waals surface area (Å²) in [5.41, 5.74) is 5.89. The Labute approximate surface area is 226 Å². The fraction of sp³-hybridized carbons (Fsp3) is 0.533. The first-order valence-corrected chi connectivity index (χ1v) is 22.4. The molecular weight excluding hydrogens is 506 g/mol. The minimum absolute atomic E-state index is 0.0731. The molecule has 0 fully saturated rings. The van der Waals surface area contributed by atoms with Crippen molar-refractivity contribution in [3.05, 3.63) is 59.9 Å². The van der Waals surface area contributed by atoms with Gasteiger partial charge in [-0.2, -0.15) is 0 Å². The van der Waals surface area contributed by atoms with E-state index >= 15 is 0 Å². The number of nitrogens with one attached hydrogen (secondary N) is 2. The standard InChI is InChI=1S/C30H50N2P2Si2/c1-28(2,3)30(33,29(4,5)6)23-20-25(36(10,11)12)24(35(7,8)9)19-22(23)21-34(26-15-13-17-31-26)27-16-14-18-32-27/h13-20,31-32H,21,33H2,1-12H3. The van der Waals surface area contributed by atoms with Crippen LogP contribution in [0.3, 0.4) is 0 Å². The van der Waals surface area contributed by atoms with Gasteiger partial charge in [0.15, 0.2) is 0 Å². The number of aromatic amines is 2. The van der Waals surface area contributed by atoms with Crippen molar-refractivity contribution in [3.63, 3.8) is 0 Å². The normalized spacial score (nSPS) is 14.1. The molecule has 2 nitrogen and oxygen atoms in total. The third-order valence-corrected chi connectivity index (χ3v) is 16.5. The van der Waals surface area contributed by atoms with Gasteiger partial charge in [-0.25, -0.2) is 0 Å². The molecule has 6 heteroatoms. The lowest BCUT2D eigenvalue weighted by molar-refractivity contribution is 0.139. The van der Waals surface area contributed by atoms with Crippen molar-refractivity contribution in [2.75, 3.05) is 0 Å². The van der Waals surface area contributed by atoms with Crippen LogP contribution in [0.5, 0.6) is 0 Å². The van der Waals surface area contributed by atoms with Gasteiger partial charge in [0.1, 0.15) is 0 Å². The highest BCUT2D eigenvalue weighted by atomic mass is 31.1. The van der Waals surface area contributed by atoms with Crippen LogP contribution in [-0.2, 0) is 11.3 Å². The molecule has 0 saturated heterocycles. The second kappa shape index (κ2) is 9.99. The predicted octanol–water partition coefficient (Wildman–Crippen LogP) is 7.23. The highest BCUT2D eigenvalue weighted by Gasteiger charge is 2.50. The molecule has 3 aromatic rings. The van der Waals surface area contributed by atoms with E-state index in [0.29, 0.717) is 0 Å². The molecule has 0 saturated carbocycles. The Morgan fingerprint density at radius 3 is 1.47 bits per heavy atom. The average molecular weight is 557 g/mol. The molecule has 36 heavy (non-hydrogen) atoms. The van der Waals surface area contributed by atoms with Crippen molar-refractivity contribution in [3.8, 4) is 0 Å². The summed E-state index contributed by atoms with van der Waals surface area (Å²) in [5, 5.41) is 3.27. The van der Waals surface area contributed by atoms with Gasteiger partial charge in [0.25, 0.3) is 0 Å². The summed E-state index contributed by atoms with van der Waals surface area (Å²) < 4.78 is 0. The smallest absolute Gasteiger partial charge is 0.0774 e. The van der Waals surface area contributed by atoms with E-state index < -0.39 is 24.1 Å². The average Bonchev–Trinajstić information content (AvgIpc) is 3.42. The summed E-state index contributed by atoms with van der Waals surface area (Å²) >= 11 is 0. The molecule has 2 heterocycles. The monoisotopic (exact) mass is 556 g/mol. The van der Waals surface area contributed by atoms with E-state index in [-0.39, 0.29) is 16.0 Å². The minimum atomic E-state index is -1.57. The molecule has 0 spiro atoms. The van der Waals surface area contributed by atoms with Crippen LogP contribution in [0.2, 0.25) is 39.3 Å². The zero-order valence-corrected chi connectivity index (χ0v) is 28.9. The zero-order chi connectivity index (χ0) is 27.3. The molecule has 1 unspecified atom stereocenters. The Morgan fingerprint density at radius 2 is 1.14 bits per heavy atom. The lowest BCUT2D eigenvalue weighted by Crippen LogP contribution is -2.57. The zero-order valence-electron chi connectivity index (χ0n) is 24.9. The highest BCUT2D eigenvalue weighted by molar-refractivity contribution is 7.71. The first kappa shape index (κ1) is 29.6. The summed E-state index contributed by atoms with van der Waals surface area (Å²) in [4.78, 5) is 7.13. The third kappa shape index (κ3) is 5.73. The van der Waals surface area contributed by atoms with Gasteiger partial charge in [0.2, 0.25) is 0 Å². The quantitative estimate of drug-likeness (QED) is 0.227. The van der Waals surface area contributed by atoms with Crippen LogP contribution in [-0.4, -0.2) is 26.1 Å². The van der Waals surface area contributed by atoms with E-state index in [2.05, 4.69) is 149 Å². The molecule has 2 N–H and O–H groups in total. The number of benzene rings is 1. The third-order valence-electron chi connectivity index (χ3n) is 7.72. The summed E-state index contributed by atoms with van der Waals surface area (Å²) in [6.07, 6.45) is 5.18. The van der Waals surface area contributed by atoms with E-state index in [4.69, 9.17) is 0 Å². The van der Waals surface area contributed by atoms with Gasteiger partial charge in [-0.1, -0.05) is 103 Å². The van der Waals surface area contributed by atoms with E-state index in [9.17, 15) is 0 Å². The minimum Gasteiger partial charge on any atom is -0.361 e. The summed E-state index contributed by atoms with van der Waals surface area (Å²) in [5.74, 6) is 0. The van der Waals surface area contributed by atoms with Crippen LogP contribution in [0, 0.1) is 10.8 Å². The Morgan fingerprint density at radius 1 is 0.722 bits per heavy atom. The molecule has 0 bridgehead atoms. The van der Waals surface area contributed by atoms with Gasteiger partial charge in [-0.05, 0) is 54.1 Å². The van der Waals surface area contributed by atoms with E-state index in [1.165, 1.54) is 22.0 Å².